The number of methoxy groups -OCH3 is 1. The molecule has 3 rings (SSSR count). The van der Waals surface area contributed by atoms with Gasteiger partial charge >= 0.3 is 0 Å². The number of hydrogen-bond acceptors (Lipinski definition) is 6. The summed E-state index contributed by atoms with van der Waals surface area (Å²) in [6, 6.07) is 18.7. The second-order valence-corrected chi connectivity index (χ2v) is 9.48. The van der Waals surface area contributed by atoms with Crippen LogP contribution in [-0.4, -0.2) is 32.9 Å². The van der Waals surface area contributed by atoms with E-state index < -0.39 is 27.4 Å². The van der Waals surface area contributed by atoms with Gasteiger partial charge in [0, 0.05) is 11.6 Å². The number of nitro benzene ring substituents is 1. The van der Waals surface area contributed by atoms with Crippen molar-refractivity contribution in [2.45, 2.75) is 24.8 Å². The van der Waals surface area contributed by atoms with Gasteiger partial charge in [-0.1, -0.05) is 36.4 Å². The Labute approximate surface area is 198 Å². The summed E-state index contributed by atoms with van der Waals surface area (Å²) in [4.78, 5) is 23.3. The minimum atomic E-state index is -4.31. The number of hydrogen-bond donors (Lipinski definition) is 1. The van der Waals surface area contributed by atoms with Gasteiger partial charge < -0.3 is 10.1 Å². The third-order valence-corrected chi connectivity index (χ3v) is 7.06. The molecule has 0 aliphatic heterocycles. The van der Waals surface area contributed by atoms with Crippen molar-refractivity contribution in [2.75, 3.05) is 18.0 Å². The summed E-state index contributed by atoms with van der Waals surface area (Å²) in [6.45, 7) is 2.80. The van der Waals surface area contributed by atoms with Crippen molar-refractivity contribution in [3.63, 3.8) is 0 Å². The molecule has 1 atom stereocenters. The molecule has 9 nitrogen and oxygen atoms in total. The Balaban J connectivity index is 1.97. The minimum Gasteiger partial charge on any atom is -0.497 e. The van der Waals surface area contributed by atoms with E-state index in [-0.39, 0.29) is 22.3 Å². The normalized spacial score (nSPS) is 12.0. The molecule has 178 valence electrons. The van der Waals surface area contributed by atoms with Crippen molar-refractivity contribution >= 4 is 27.3 Å². The second kappa shape index (κ2) is 10.3. The van der Waals surface area contributed by atoms with Crippen LogP contribution in [0, 0.1) is 17.0 Å². The van der Waals surface area contributed by atoms with E-state index in [1.165, 1.54) is 38.3 Å². The van der Waals surface area contributed by atoms with Gasteiger partial charge in [-0.15, -0.1) is 0 Å². The zero-order valence-corrected chi connectivity index (χ0v) is 19.8. The Hall–Kier alpha value is -3.92. The summed E-state index contributed by atoms with van der Waals surface area (Å²) in [5.41, 5.74) is 1.09. The molecule has 1 amide bonds. The number of nitrogens with one attached hydrogen (secondary N) is 1. The first-order chi connectivity index (χ1) is 16.1. The smallest absolute Gasteiger partial charge is 0.273 e. The van der Waals surface area contributed by atoms with Crippen LogP contribution in [0.2, 0.25) is 0 Å². The number of anilines is 1. The van der Waals surface area contributed by atoms with Gasteiger partial charge in [0.05, 0.1) is 28.7 Å². The summed E-state index contributed by atoms with van der Waals surface area (Å²) in [5, 5.41) is 14.2. The van der Waals surface area contributed by atoms with Gasteiger partial charge in [-0.05, 0) is 49.7 Å². The van der Waals surface area contributed by atoms with E-state index in [2.05, 4.69) is 5.32 Å². The number of amides is 1. The van der Waals surface area contributed by atoms with Crippen molar-refractivity contribution in [3.8, 4) is 5.75 Å². The molecule has 0 aliphatic carbocycles. The average Bonchev–Trinajstić information content (AvgIpc) is 2.83. The molecule has 0 spiro atoms. The number of nitrogens with zero attached hydrogens (tertiary/aromatic N) is 2. The second-order valence-electron chi connectivity index (χ2n) is 7.61. The van der Waals surface area contributed by atoms with Crippen LogP contribution >= 0.6 is 0 Å². The largest absolute Gasteiger partial charge is 0.497 e. The average molecular weight is 484 g/mol. The fourth-order valence-corrected chi connectivity index (χ4v) is 4.82. The first-order valence-electron chi connectivity index (χ1n) is 10.4. The highest BCUT2D eigenvalue weighted by molar-refractivity contribution is 7.92. The topological polar surface area (TPSA) is 119 Å². The molecule has 3 aromatic carbocycles. The van der Waals surface area contributed by atoms with Crippen LogP contribution in [-0.2, 0) is 14.8 Å². The van der Waals surface area contributed by atoms with Crippen LogP contribution in [0.4, 0.5) is 11.4 Å². The summed E-state index contributed by atoms with van der Waals surface area (Å²) in [7, 11) is -2.84. The number of benzene rings is 3. The Morgan fingerprint density at radius 1 is 1.09 bits per heavy atom. The van der Waals surface area contributed by atoms with Gasteiger partial charge in [0.2, 0.25) is 5.91 Å². The van der Waals surface area contributed by atoms with E-state index in [9.17, 15) is 23.3 Å². The molecule has 0 saturated carbocycles. The zero-order chi connectivity index (χ0) is 24.9. The Bertz CT molecular complexity index is 1280. The lowest BCUT2D eigenvalue weighted by atomic mass is 10.1. The predicted molar refractivity (Wildman–Crippen MR) is 128 cm³/mol. The van der Waals surface area contributed by atoms with Crippen LogP contribution in [0.25, 0.3) is 0 Å². The first-order valence-corrected chi connectivity index (χ1v) is 11.8. The lowest BCUT2D eigenvalue weighted by molar-refractivity contribution is -0.385. The Morgan fingerprint density at radius 2 is 1.74 bits per heavy atom. The highest BCUT2D eigenvalue weighted by Crippen LogP contribution is 2.29. The number of aryl methyl sites for hydroxylation is 1. The Kier molecular flexibility index (Phi) is 7.52. The number of rotatable bonds is 9. The summed E-state index contributed by atoms with van der Waals surface area (Å²) >= 11 is 0. The van der Waals surface area contributed by atoms with E-state index in [0.29, 0.717) is 11.3 Å². The molecule has 0 bridgehead atoms. The zero-order valence-electron chi connectivity index (χ0n) is 19.0. The fraction of sp³-hybridized carbons (Fsp3) is 0.208. The lowest BCUT2D eigenvalue weighted by Crippen LogP contribution is -2.41. The van der Waals surface area contributed by atoms with Gasteiger partial charge in [0.15, 0.2) is 0 Å². The van der Waals surface area contributed by atoms with Crippen molar-refractivity contribution < 1.29 is 22.9 Å². The number of carbonyl (C=O) groups excluding carboxylic acids is 1. The third-order valence-electron chi connectivity index (χ3n) is 5.29. The number of carbonyl (C=O) groups is 1. The monoisotopic (exact) mass is 483 g/mol. The molecule has 34 heavy (non-hydrogen) atoms. The van der Waals surface area contributed by atoms with Gasteiger partial charge in [0.1, 0.15) is 12.3 Å². The first kappa shape index (κ1) is 24.7. The quantitative estimate of drug-likeness (QED) is 0.363. The highest BCUT2D eigenvalue weighted by Gasteiger charge is 2.29. The van der Waals surface area contributed by atoms with Crippen molar-refractivity contribution in [3.05, 3.63) is 94.0 Å². The molecule has 0 aliphatic rings. The number of sulfonamides is 1. The molecule has 0 saturated heterocycles. The SMILES string of the molecule is COc1ccc(N(CC(=O)N[C@H](C)c2ccccc2)S(=O)(=O)c2ccc(C)c([N+](=O)[O-])c2)cc1. The molecule has 10 heteroatoms. The van der Waals surface area contributed by atoms with Crippen LogP contribution < -0.4 is 14.4 Å². The van der Waals surface area contributed by atoms with E-state index in [0.717, 1.165) is 15.9 Å². The minimum absolute atomic E-state index is 0.214. The third kappa shape index (κ3) is 5.52. The van der Waals surface area contributed by atoms with Gasteiger partial charge in [-0.3, -0.25) is 19.2 Å². The van der Waals surface area contributed by atoms with E-state index in [4.69, 9.17) is 4.74 Å². The van der Waals surface area contributed by atoms with Crippen molar-refractivity contribution in [2.24, 2.45) is 0 Å². The van der Waals surface area contributed by atoms with Crippen LogP contribution in [0.5, 0.6) is 5.75 Å². The van der Waals surface area contributed by atoms with Crippen LogP contribution in [0.15, 0.2) is 77.7 Å². The van der Waals surface area contributed by atoms with Crippen LogP contribution in [0.3, 0.4) is 0 Å². The summed E-state index contributed by atoms with van der Waals surface area (Å²) in [5.74, 6) is -0.0217. The molecule has 3 aromatic rings. The number of nitro groups is 1. The Morgan fingerprint density at radius 3 is 2.32 bits per heavy atom. The molecule has 0 unspecified atom stereocenters. The summed E-state index contributed by atoms with van der Waals surface area (Å²) < 4.78 is 33.2. The molecular weight excluding hydrogens is 458 g/mol. The van der Waals surface area contributed by atoms with Crippen molar-refractivity contribution in [1.82, 2.24) is 5.32 Å². The van der Waals surface area contributed by atoms with E-state index in [1.807, 2.05) is 30.3 Å². The molecular formula is C24H25N3O6S. The summed E-state index contributed by atoms with van der Waals surface area (Å²) in [6.07, 6.45) is 0. The van der Waals surface area contributed by atoms with Crippen LogP contribution in [0.1, 0.15) is 24.1 Å². The van der Waals surface area contributed by atoms with Gasteiger partial charge in [0.25, 0.3) is 15.7 Å². The van der Waals surface area contributed by atoms with E-state index in [1.54, 1.807) is 19.1 Å². The maximum Gasteiger partial charge on any atom is 0.273 e. The number of ether oxygens (including phenoxy) is 1. The van der Waals surface area contributed by atoms with E-state index >= 15 is 0 Å². The molecule has 1 N–H and O–H groups in total. The lowest BCUT2D eigenvalue weighted by Gasteiger charge is -2.25. The van der Waals surface area contributed by atoms with Crippen molar-refractivity contribution in [1.29, 1.82) is 0 Å². The van der Waals surface area contributed by atoms with Gasteiger partial charge in [-0.25, -0.2) is 8.42 Å². The standard InChI is InChI=1S/C24H25N3O6S/c1-17-9-14-22(15-23(17)27(29)30)34(31,32)26(20-10-12-21(33-3)13-11-20)16-24(28)25-18(2)19-7-5-4-6-8-19/h4-15,18H,16H2,1-3H3,(H,25,28)/t18-/m1/s1. The fourth-order valence-electron chi connectivity index (χ4n) is 3.38. The predicted octanol–water partition coefficient (Wildman–Crippen LogP) is 3.98. The molecule has 0 aromatic heterocycles. The maximum atomic E-state index is 13.6. The highest BCUT2D eigenvalue weighted by atomic mass is 32.2. The molecule has 0 fully saturated rings. The molecule has 0 radical (unpaired) electrons. The molecule has 0 heterocycles. The maximum absolute atomic E-state index is 13.6. The van der Waals surface area contributed by atoms with Gasteiger partial charge in [-0.2, -0.15) is 0 Å².